The van der Waals surface area contributed by atoms with Gasteiger partial charge in [-0.2, -0.15) is 0 Å². The van der Waals surface area contributed by atoms with Crippen LogP contribution in [-0.2, 0) is 9.84 Å². The molecule has 104 valence electrons. The molecule has 0 saturated carbocycles. The van der Waals surface area contributed by atoms with E-state index in [0.717, 1.165) is 18.5 Å². The first-order valence-corrected chi connectivity index (χ1v) is 8.73. The van der Waals surface area contributed by atoms with E-state index in [9.17, 15) is 8.42 Å². The van der Waals surface area contributed by atoms with Crippen LogP contribution < -0.4 is 10.6 Å². The van der Waals surface area contributed by atoms with Crippen LogP contribution in [0.3, 0.4) is 0 Å². The van der Waals surface area contributed by atoms with Crippen molar-refractivity contribution in [2.75, 3.05) is 11.6 Å². The van der Waals surface area contributed by atoms with Gasteiger partial charge in [-0.3, -0.25) is 0 Å². The molecule has 19 heavy (non-hydrogen) atoms. The summed E-state index contributed by atoms with van der Waals surface area (Å²) in [6.45, 7) is 0. The number of anilines is 1. The van der Waals surface area contributed by atoms with E-state index in [4.69, 9.17) is 0 Å². The average Bonchev–Trinajstić information content (AvgIpc) is 2.68. The second-order valence-electron chi connectivity index (χ2n) is 5.72. The minimum atomic E-state index is -3.17. The highest BCUT2D eigenvalue weighted by atomic mass is 32.2. The first-order valence-electron chi connectivity index (χ1n) is 6.84. The molecule has 2 unspecified atom stereocenters. The molecule has 2 bridgehead atoms. The van der Waals surface area contributed by atoms with Gasteiger partial charge < -0.3 is 10.6 Å². The quantitative estimate of drug-likeness (QED) is 0.886. The van der Waals surface area contributed by atoms with Gasteiger partial charge in [0.05, 0.1) is 10.6 Å². The monoisotopic (exact) mass is 280 g/mol. The van der Waals surface area contributed by atoms with E-state index >= 15 is 0 Å². The molecule has 2 N–H and O–H groups in total. The Bertz CT molecular complexity index is 559. The maximum absolute atomic E-state index is 11.8. The molecule has 2 fully saturated rings. The summed E-state index contributed by atoms with van der Waals surface area (Å²) in [5, 5.41) is 7.03. The largest absolute Gasteiger partial charge is 0.381 e. The zero-order valence-electron chi connectivity index (χ0n) is 11.1. The third-order valence-electron chi connectivity index (χ3n) is 4.12. The molecule has 0 amide bonds. The Hall–Kier alpha value is -1.07. The molecule has 4 nitrogen and oxygen atoms in total. The fourth-order valence-electron chi connectivity index (χ4n) is 3.30. The molecule has 2 aliphatic heterocycles. The van der Waals surface area contributed by atoms with Crippen molar-refractivity contribution < 1.29 is 8.42 Å². The highest BCUT2D eigenvalue weighted by Gasteiger charge is 2.33. The van der Waals surface area contributed by atoms with Crippen molar-refractivity contribution in [2.24, 2.45) is 0 Å². The van der Waals surface area contributed by atoms with Gasteiger partial charge in [0.15, 0.2) is 9.84 Å². The maximum Gasteiger partial charge on any atom is 0.177 e. The molecular formula is C14H20N2O2S. The van der Waals surface area contributed by atoms with Crippen LogP contribution >= 0.6 is 0 Å². The maximum atomic E-state index is 11.8. The van der Waals surface area contributed by atoms with Crippen LogP contribution in [0.2, 0.25) is 0 Å². The smallest absolute Gasteiger partial charge is 0.177 e. The molecule has 0 aliphatic carbocycles. The van der Waals surface area contributed by atoms with Crippen molar-refractivity contribution in [1.82, 2.24) is 5.32 Å². The Labute approximate surface area is 114 Å². The van der Waals surface area contributed by atoms with Crippen molar-refractivity contribution >= 4 is 15.5 Å². The minimum absolute atomic E-state index is 0.377. The van der Waals surface area contributed by atoms with E-state index in [1.54, 1.807) is 12.1 Å². The number of rotatable bonds is 3. The third-order valence-corrected chi connectivity index (χ3v) is 5.27. The molecule has 1 aromatic rings. The zero-order chi connectivity index (χ0) is 13.5. The second kappa shape index (κ2) is 4.80. The highest BCUT2D eigenvalue weighted by Crippen LogP contribution is 2.30. The molecule has 2 saturated heterocycles. The predicted molar refractivity (Wildman–Crippen MR) is 76.1 cm³/mol. The topological polar surface area (TPSA) is 58.2 Å². The van der Waals surface area contributed by atoms with E-state index in [0.29, 0.717) is 23.0 Å². The predicted octanol–water partition coefficient (Wildman–Crippen LogP) is 1.78. The summed E-state index contributed by atoms with van der Waals surface area (Å²) in [6.07, 6.45) is 5.91. The Morgan fingerprint density at radius 2 is 1.79 bits per heavy atom. The molecule has 0 spiro atoms. The molecule has 0 radical (unpaired) electrons. The van der Waals surface area contributed by atoms with Gasteiger partial charge in [-0.1, -0.05) is 12.1 Å². The van der Waals surface area contributed by atoms with Gasteiger partial charge in [0, 0.05) is 24.4 Å². The Kier molecular flexibility index (Phi) is 3.27. The standard InChI is InChI=1S/C14H20N2O2S/c1-19(17,18)14-5-3-2-4-13(14)16-12-8-10-6-7-11(9-12)15-10/h2-5,10-12,15-16H,6-9H2,1H3. The lowest BCUT2D eigenvalue weighted by Gasteiger charge is -2.30. The van der Waals surface area contributed by atoms with Crippen LogP contribution in [0.4, 0.5) is 5.69 Å². The SMILES string of the molecule is CS(=O)(=O)c1ccccc1NC1CC2CCC(C1)N2. The van der Waals surface area contributed by atoms with Crippen LogP contribution in [0.25, 0.3) is 0 Å². The van der Waals surface area contributed by atoms with E-state index in [1.807, 2.05) is 12.1 Å². The summed E-state index contributed by atoms with van der Waals surface area (Å²) in [5.74, 6) is 0. The molecule has 2 heterocycles. The number of hydrogen-bond donors (Lipinski definition) is 2. The van der Waals surface area contributed by atoms with Gasteiger partial charge >= 0.3 is 0 Å². The lowest BCUT2D eigenvalue weighted by Crippen LogP contribution is -2.43. The number of benzene rings is 1. The number of hydrogen-bond acceptors (Lipinski definition) is 4. The molecule has 2 aliphatic rings. The molecular weight excluding hydrogens is 260 g/mol. The number of piperidine rings is 1. The summed E-state index contributed by atoms with van der Waals surface area (Å²) in [6, 6.07) is 8.76. The minimum Gasteiger partial charge on any atom is -0.381 e. The van der Waals surface area contributed by atoms with Crippen LogP contribution in [0.1, 0.15) is 25.7 Å². The first kappa shape index (κ1) is 12.9. The fraction of sp³-hybridized carbons (Fsp3) is 0.571. The van der Waals surface area contributed by atoms with Crippen LogP contribution in [-0.4, -0.2) is 32.8 Å². The van der Waals surface area contributed by atoms with Crippen molar-refractivity contribution in [1.29, 1.82) is 0 Å². The normalized spacial score (nSPS) is 30.3. The highest BCUT2D eigenvalue weighted by molar-refractivity contribution is 7.90. The molecule has 1 aromatic carbocycles. The van der Waals surface area contributed by atoms with E-state index in [1.165, 1.54) is 19.1 Å². The Morgan fingerprint density at radius 3 is 2.42 bits per heavy atom. The van der Waals surface area contributed by atoms with E-state index in [-0.39, 0.29) is 0 Å². The third kappa shape index (κ3) is 2.77. The van der Waals surface area contributed by atoms with Gasteiger partial charge in [0.1, 0.15) is 0 Å². The summed E-state index contributed by atoms with van der Waals surface area (Å²) in [5.41, 5.74) is 0.747. The summed E-state index contributed by atoms with van der Waals surface area (Å²) in [4.78, 5) is 0.404. The van der Waals surface area contributed by atoms with Gasteiger partial charge in [0.2, 0.25) is 0 Å². The average molecular weight is 280 g/mol. The molecule has 3 rings (SSSR count). The van der Waals surface area contributed by atoms with E-state index in [2.05, 4.69) is 10.6 Å². The number of para-hydroxylation sites is 1. The van der Waals surface area contributed by atoms with Gasteiger partial charge in [-0.25, -0.2) is 8.42 Å². The first-order chi connectivity index (χ1) is 9.02. The molecule has 2 atom stereocenters. The van der Waals surface area contributed by atoms with Crippen molar-refractivity contribution in [2.45, 2.75) is 48.7 Å². The van der Waals surface area contributed by atoms with Gasteiger partial charge in [-0.05, 0) is 37.8 Å². The number of nitrogens with one attached hydrogen (secondary N) is 2. The number of sulfone groups is 1. The van der Waals surface area contributed by atoms with Gasteiger partial charge in [-0.15, -0.1) is 0 Å². The lowest BCUT2D eigenvalue weighted by atomic mass is 9.99. The van der Waals surface area contributed by atoms with Gasteiger partial charge in [0.25, 0.3) is 0 Å². The molecule has 5 heteroatoms. The molecule has 0 aromatic heterocycles. The summed E-state index contributed by atoms with van der Waals surface area (Å²) < 4.78 is 23.6. The van der Waals surface area contributed by atoms with Crippen LogP contribution in [0.5, 0.6) is 0 Å². The van der Waals surface area contributed by atoms with E-state index < -0.39 is 9.84 Å². The Morgan fingerprint density at radius 1 is 1.16 bits per heavy atom. The zero-order valence-corrected chi connectivity index (χ0v) is 11.9. The summed E-state index contributed by atoms with van der Waals surface area (Å²) >= 11 is 0. The summed E-state index contributed by atoms with van der Waals surface area (Å²) in [7, 11) is -3.17. The van der Waals surface area contributed by atoms with Crippen molar-refractivity contribution in [3.63, 3.8) is 0 Å². The van der Waals surface area contributed by atoms with Crippen LogP contribution in [0.15, 0.2) is 29.2 Å². The number of fused-ring (bicyclic) bond motifs is 2. The van der Waals surface area contributed by atoms with Crippen molar-refractivity contribution in [3.05, 3.63) is 24.3 Å². The lowest BCUT2D eigenvalue weighted by molar-refractivity contribution is 0.378. The fourth-order valence-corrected chi connectivity index (χ4v) is 4.16. The Balaban J connectivity index is 1.80. The second-order valence-corrected chi connectivity index (χ2v) is 7.70. The van der Waals surface area contributed by atoms with Crippen LogP contribution in [0, 0.1) is 0 Å². The van der Waals surface area contributed by atoms with Crippen molar-refractivity contribution in [3.8, 4) is 0 Å².